The van der Waals surface area contributed by atoms with Crippen LogP contribution in [0.3, 0.4) is 0 Å². The van der Waals surface area contributed by atoms with Crippen molar-refractivity contribution in [1.82, 2.24) is 4.90 Å². The fourth-order valence-corrected chi connectivity index (χ4v) is 4.14. The minimum atomic E-state index is -0.0820. The van der Waals surface area contributed by atoms with E-state index >= 15 is 0 Å². The van der Waals surface area contributed by atoms with E-state index in [1.807, 2.05) is 0 Å². The SMILES string of the molecule is CC(C)(C)C1CCCN(CC(O)C2CCCCC2)CC1. The summed E-state index contributed by atoms with van der Waals surface area (Å²) in [6.07, 6.45) is 10.4. The van der Waals surface area contributed by atoms with Gasteiger partial charge in [0, 0.05) is 6.54 Å². The number of likely N-dealkylation sites (tertiary alicyclic amines) is 1. The smallest absolute Gasteiger partial charge is 0.0695 e. The van der Waals surface area contributed by atoms with Crippen LogP contribution in [0.5, 0.6) is 0 Å². The molecule has 2 unspecified atom stereocenters. The molecule has 0 aromatic carbocycles. The molecule has 0 aromatic rings. The zero-order valence-electron chi connectivity index (χ0n) is 13.9. The Morgan fingerprint density at radius 2 is 1.65 bits per heavy atom. The van der Waals surface area contributed by atoms with Crippen molar-refractivity contribution in [3.8, 4) is 0 Å². The molecule has 0 spiro atoms. The third kappa shape index (κ3) is 4.73. The average molecular weight is 281 g/mol. The fourth-order valence-electron chi connectivity index (χ4n) is 4.14. The van der Waals surface area contributed by atoms with Crippen LogP contribution in [-0.4, -0.2) is 35.7 Å². The van der Waals surface area contributed by atoms with Crippen LogP contribution in [0.15, 0.2) is 0 Å². The van der Waals surface area contributed by atoms with Crippen molar-refractivity contribution in [2.45, 2.75) is 78.2 Å². The van der Waals surface area contributed by atoms with Crippen LogP contribution < -0.4 is 0 Å². The highest BCUT2D eigenvalue weighted by Gasteiger charge is 2.29. The van der Waals surface area contributed by atoms with Crippen molar-refractivity contribution in [3.63, 3.8) is 0 Å². The molecule has 2 aliphatic rings. The molecule has 2 rings (SSSR count). The lowest BCUT2D eigenvalue weighted by Crippen LogP contribution is -2.38. The Hall–Kier alpha value is -0.0800. The summed E-state index contributed by atoms with van der Waals surface area (Å²) in [5, 5.41) is 10.5. The quantitative estimate of drug-likeness (QED) is 0.842. The van der Waals surface area contributed by atoms with Gasteiger partial charge in [-0.2, -0.15) is 0 Å². The molecule has 1 N–H and O–H groups in total. The molecule has 2 fully saturated rings. The van der Waals surface area contributed by atoms with E-state index in [-0.39, 0.29) is 6.10 Å². The lowest BCUT2D eigenvalue weighted by atomic mass is 9.77. The summed E-state index contributed by atoms with van der Waals surface area (Å²) in [7, 11) is 0. The van der Waals surface area contributed by atoms with E-state index in [9.17, 15) is 5.11 Å². The van der Waals surface area contributed by atoms with E-state index in [1.165, 1.54) is 64.5 Å². The maximum absolute atomic E-state index is 10.5. The van der Waals surface area contributed by atoms with Crippen molar-refractivity contribution in [3.05, 3.63) is 0 Å². The number of aliphatic hydroxyl groups is 1. The van der Waals surface area contributed by atoms with Gasteiger partial charge < -0.3 is 10.0 Å². The molecule has 1 aliphatic heterocycles. The zero-order chi connectivity index (χ0) is 14.6. The second kappa shape index (κ2) is 7.26. The first kappa shape index (κ1) is 16.3. The first-order valence-electron chi connectivity index (χ1n) is 8.87. The summed E-state index contributed by atoms with van der Waals surface area (Å²) in [4.78, 5) is 2.53. The van der Waals surface area contributed by atoms with Crippen LogP contribution in [0.2, 0.25) is 0 Å². The summed E-state index contributed by atoms with van der Waals surface area (Å²) in [5.41, 5.74) is 0.442. The number of rotatable bonds is 3. The third-order valence-corrected chi connectivity index (χ3v) is 5.68. The summed E-state index contributed by atoms with van der Waals surface area (Å²) < 4.78 is 0. The molecule has 0 aromatic heterocycles. The predicted octanol–water partition coefficient (Wildman–Crippen LogP) is 4.08. The van der Waals surface area contributed by atoms with Gasteiger partial charge in [-0.25, -0.2) is 0 Å². The van der Waals surface area contributed by atoms with Crippen molar-refractivity contribution in [1.29, 1.82) is 0 Å². The van der Waals surface area contributed by atoms with Crippen LogP contribution >= 0.6 is 0 Å². The number of nitrogens with zero attached hydrogens (tertiary/aromatic N) is 1. The first-order chi connectivity index (χ1) is 9.47. The largest absolute Gasteiger partial charge is 0.392 e. The van der Waals surface area contributed by atoms with Crippen LogP contribution in [0, 0.1) is 17.3 Å². The van der Waals surface area contributed by atoms with E-state index in [1.54, 1.807) is 0 Å². The Kier molecular flexibility index (Phi) is 5.92. The van der Waals surface area contributed by atoms with Gasteiger partial charge in [-0.05, 0) is 62.4 Å². The lowest BCUT2D eigenvalue weighted by molar-refractivity contribution is 0.0477. The summed E-state index contributed by atoms with van der Waals surface area (Å²) in [5.74, 6) is 1.42. The maximum Gasteiger partial charge on any atom is 0.0695 e. The second-order valence-electron chi connectivity index (χ2n) is 8.26. The third-order valence-electron chi connectivity index (χ3n) is 5.68. The number of hydrogen-bond acceptors (Lipinski definition) is 2. The molecular weight excluding hydrogens is 246 g/mol. The molecule has 1 heterocycles. The second-order valence-corrected chi connectivity index (χ2v) is 8.26. The Bertz CT molecular complexity index is 278. The number of hydrogen-bond donors (Lipinski definition) is 1. The van der Waals surface area contributed by atoms with Gasteiger partial charge in [0.05, 0.1) is 6.10 Å². The Labute approximate surface area is 125 Å². The van der Waals surface area contributed by atoms with Gasteiger partial charge in [0.1, 0.15) is 0 Å². The van der Waals surface area contributed by atoms with Crippen molar-refractivity contribution >= 4 is 0 Å². The highest BCUT2D eigenvalue weighted by molar-refractivity contribution is 4.81. The summed E-state index contributed by atoms with van der Waals surface area (Å²) in [6.45, 7) is 10.4. The number of β-amino-alcohol motifs (C(OH)–C–C–N with tert-alkyl or cyclic N) is 1. The van der Waals surface area contributed by atoms with E-state index in [4.69, 9.17) is 0 Å². The topological polar surface area (TPSA) is 23.5 Å². The van der Waals surface area contributed by atoms with Gasteiger partial charge in [-0.3, -0.25) is 0 Å². The molecule has 2 heteroatoms. The standard InChI is InChI=1S/C18H35NO/c1-18(2,3)16-10-7-12-19(13-11-16)14-17(20)15-8-5-4-6-9-15/h15-17,20H,4-14H2,1-3H3. The maximum atomic E-state index is 10.5. The Morgan fingerprint density at radius 1 is 0.950 bits per heavy atom. The van der Waals surface area contributed by atoms with Gasteiger partial charge in [0.2, 0.25) is 0 Å². The number of aliphatic hydroxyl groups excluding tert-OH is 1. The normalized spacial score (nSPS) is 29.1. The first-order valence-corrected chi connectivity index (χ1v) is 8.87. The molecule has 0 amide bonds. The van der Waals surface area contributed by atoms with Crippen molar-refractivity contribution in [2.75, 3.05) is 19.6 Å². The summed E-state index contributed by atoms with van der Waals surface area (Å²) in [6, 6.07) is 0. The van der Waals surface area contributed by atoms with Gasteiger partial charge >= 0.3 is 0 Å². The van der Waals surface area contributed by atoms with Crippen molar-refractivity contribution in [2.24, 2.45) is 17.3 Å². The van der Waals surface area contributed by atoms with E-state index in [0.717, 1.165) is 12.5 Å². The molecule has 118 valence electrons. The molecule has 1 saturated carbocycles. The summed E-state index contributed by atoms with van der Waals surface area (Å²) >= 11 is 0. The molecule has 2 atom stereocenters. The highest BCUT2D eigenvalue weighted by Crippen LogP contribution is 2.34. The van der Waals surface area contributed by atoms with E-state index in [0.29, 0.717) is 11.3 Å². The molecular formula is C18H35NO. The molecule has 1 saturated heterocycles. The van der Waals surface area contributed by atoms with Gasteiger partial charge in [-0.15, -0.1) is 0 Å². The van der Waals surface area contributed by atoms with Crippen LogP contribution in [-0.2, 0) is 0 Å². The van der Waals surface area contributed by atoms with Gasteiger partial charge in [0.25, 0.3) is 0 Å². The van der Waals surface area contributed by atoms with Crippen LogP contribution in [0.4, 0.5) is 0 Å². The lowest BCUT2D eigenvalue weighted by Gasteiger charge is -2.32. The fraction of sp³-hybridized carbons (Fsp3) is 1.00. The minimum Gasteiger partial charge on any atom is -0.392 e. The van der Waals surface area contributed by atoms with Gasteiger partial charge in [-0.1, -0.05) is 40.0 Å². The molecule has 20 heavy (non-hydrogen) atoms. The van der Waals surface area contributed by atoms with E-state index in [2.05, 4.69) is 25.7 Å². The predicted molar refractivity (Wildman–Crippen MR) is 85.8 cm³/mol. The highest BCUT2D eigenvalue weighted by atomic mass is 16.3. The molecule has 0 bridgehead atoms. The van der Waals surface area contributed by atoms with Gasteiger partial charge in [0.15, 0.2) is 0 Å². The van der Waals surface area contributed by atoms with Crippen LogP contribution in [0.1, 0.15) is 72.1 Å². The average Bonchev–Trinajstić information content (AvgIpc) is 2.65. The Morgan fingerprint density at radius 3 is 2.30 bits per heavy atom. The molecule has 1 aliphatic carbocycles. The zero-order valence-corrected chi connectivity index (χ0v) is 13.9. The molecule has 2 nitrogen and oxygen atoms in total. The molecule has 0 radical (unpaired) electrons. The van der Waals surface area contributed by atoms with Crippen molar-refractivity contribution < 1.29 is 5.11 Å². The Balaban J connectivity index is 1.78. The van der Waals surface area contributed by atoms with E-state index < -0.39 is 0 Å². The minimum absolute atomic E-state index is 0.0820. The monoisotopic (exact) mass is 281 g/mol. The van der Waals surface area contributed by atoms with Crippen LogP contribution in [0.25, 0.3) is 0 Å².